The maximum Gasteiger partial charge on any atom is 0.0375 e. The van der Waals surface area contributed by atoms with Gasteiger partial charge in [0.2, 0.25) is 0 Å². The van der Waals surface area contributed by atoms with E-state index in [1.165, 1.54) is 48.9 Å². The van der Waals surface area contributed by atoms with Crippen LogP contribution < -0.4 is 5.32 Å². The molecule has 0 amide bonds. The van der Waals surface area contributed by atoms with Crippen molar-refractivity contribution in [1.29, 1.82) is 0 Å². The summed E-state index contributed by atoms with van der Waals surface area (Å²) >= 11 is 0. The van der Waals surface area contributed by atoms with Gasteiger partial charge in [-0.3, -0.25) is 0 Å². The molecule has 1 heteroatoms. The van der Waals surface area contributed by atoms with Gasteiger partial charge in [0, 0.05) is 12.2 Å². The molecule has 1 aliphatic rings. The topological polar surface area (TPSA) is 12.0 Å². The van der Waals surface area contributed by atoms with Crippen LogP contribution in [0.4, 0.5) is 5.69 Å². The summed E-state index contributed by atoms with van der Waals surface area (Å²) in [7, 11) is 0. The van der Waals surface area contributed by atoms with Crippen LogP contribution in [0.2, 0.25) is 0 Å². The molecule has 1 N–H and O–H groups in total. The molecule has 0 atom stereocenters. The van der Waals surface area contributed by atoms with Gasteiger partial charge in [0.25, 0.3) is 0 Å². The smallest absolute Gasteiger partial charge is 0.0375 e. The van der Waals surface area contributed by atoms with Gasteiger partial charge in [0.05, 0.1) is 0 Å². The second kappa shape index (κ2) is 4.69. The van der Waals surface area contributed by atoms with E-state index in [0.717, 1.165) is 6.54 Å². The van der Waals surface area contributed by atoms with Gasteiger partial charge in [-0.15, -0.1) is 0 Å². The number of nitrogens with one attached hydrogen (secondary N) is 1. The fraction of sp³-hybridized carbons (Fsp3) is 0.571. The molecule has 1 nitrogen and oxygen atoms in total. The van der Waals surface area contributed by atoms with E-state index in [0.29, 0.717) is 0 Å². The SMILES string of the molecule is CCCCc1cc2c(cc1C)NCCC2. The minimum absolute atomic E-state index is 1.14. The quantitative estimate of drug-likeness (QED) is 0.790. The Bertz CT molecular complexity index is 341. The molecule has 1 aromatic rings. The van der Waals surface area contributed by atoms with Crippen molar-refractivity contribution in [3.05, 3.63) is 28.8 Å². The first-order valence-electron chi connectivity index (χ1n) is 6.17. The Balaban J connectivity index is 2.24. The minimum Gasteiger partial charge on any atom is -0.385 e. The molecule has 2 rings (SSSR count). The first kappa shape index (κ1) is 10.5. The van der Waals surface area contributed by atoms with Crippen LogP contribution in [0.15, 0.2) is 12.1 Å². The highest BCUT2D eigenvalue weighted by Crippen LogP contribution is 2.26. The van der Waals surface area contributed by atoms with Crippen molar-refractivity contribution in [2.75, 3.05) is 11.9 Å². The number of benzene rings is 1. The van der Waals surface area contributed by atoms with E-state index in [-0.39, 0.29) is 0 Å². The minimum atomic E-state index is 1.14. The average molecular weight is 203 g/mol. The fourth-order valence-corrected chi connectivity index (χ4v) is 2.31. The monoisotopic (exact) mass is 203 g/mol. The van der Waals surface area contributed by atoms with E-state index < -0.39 is 0 Å². The first-order chi connectivity index (χ1) is 7.31. The molecule has 1 heterocycles. The van der Waals surface area contributed by atoms with Crippen molar-refractivity contribution in [3.63, 3.8) is 0 Å². The number of hydrogen-bond donors (Lipinski definition) is 1. The van der Waals surface area contributed by atoms with Gasteiger partial charge in [-0.05, 0) is 55.4 Å². The largest absolute Gasteiger partial charge is 0.385 e. The molecule has 15 heavy (non-hydrogen) atoms. The van der Waals surface area contributed by atoms with E-state index in [2.05, 4.69) is 31.3 Å². The van der Waals surface area contributed by atoms with Gasteiger partial charge in [0.1, 0.15) is 0 Å². The summed E-state index contributed by atoms with van der Waals surface area (Å²) in [4.78, 5) is 0. The normalized spacial score (nSPS) is 14.5. The van der Waals surface area contributed by atoms with Crippen molar-refractivity contribution < 1.29 is 0 Å². The van der Waals surface area contributed by atoms with Crippen LogP contribution >= 0.6 is 0 Å². The van der Waals surface area contributed by atoms with Crippen LogP contribution in [0.5, 0.6) is 0 Å². The van der Waals surface area contributed by atoms with E-state index in [1.54, 1.807) is 5.56 Å². The first-order valence-corrected chi connectivity index (χ1v) is 6.17. The zero-order valence-electron chi connectivity index (χ0n) is 9.90. The van der Waals surface area contributed by atoms with E-state index >= 15 is 0 Å². The van der Waals surface area contributed by atoms with Crippen molar-refractivity contribution >= 4 is 5.69 Å². The maximum absolute atomic E-state index is 3.49. The van der Waals surface area contributed by atoms with E-state index in [4.69, 9.17) is 0 Å². The molecular formula is C14H21N. The Hall–Kier alpha value is -0.980. The molecule has 0 fully saturated rings. The van der Waals surface area contributed by atoms with Crippen LogP contribution in [0.1, 0.15) is 42.9 Å². The van der Waals surface area contributed by atoms with Gasteiger partial charge >= 0.3 is 0 Å². The summed E-state index contributed by atoms with van der Waals surface area (Å²) in [5, 5.41) is 3.49. The molecule has 0 saturated carbocycles. The standard InChI is InChI=1S/C14H21N/c1-3-4-6-12-10-13-7-5-8-15-14(13)9-11(12)2/h9-10,15H,3-8H2,1-2H3. The van der Waals surface area contributed by atoms with Gasteiger partial charge in [-0.25, -0.2) is 0 Å². The van der Waals surface area contributed by atoms with Gasteiger partial charge in [-0.2, -0.15) is 0 Å². The third-order valence-corrected chi connectivity index (χ3v) is 3.30. The summed E-state index contributed by atoms with van der Waals surface area (Å²) in [6.07, 6.45) is 6.38. The Morgan fingerprint density at radius 3 is 3.00 bits per heavy atom. The Labute approximate surface area is 92.9 Å². The van der Waals surface area contributed by atoms with E-state index in [9.17, 15) is 0 Å². The molecule has 1 aromatic carbocycles. The van der Waals surface area contributed by atoms with Crippen molar-refractivity contribution in [2.24, 2.45) is 0 Å². The third-order valence-electron chi connectivity index (χ3n) is 3.30. The molecular weight excluding hydrogens is 182 g/mol. The Morgan fingerprint density at radius 2 is 2.20 bits per heavy atom. The number of rotatable bonds is 3. The number of hydrogen-bond acceptors (Lipinski definition) is 1. The molecule has 0 aliphatic carbocycles. The maximum atomic E-state index is 3.49. The lowest BCUT2D eigenvalue weighted by Crippen LogP contribution is -2.12. The highest BCUT2D eigenvalue weighted by atomic mass is 14.9. The number of aryl methyl sites for hydroxylation is 3. The zero-order chi connectivity index (χ0) is 10.7. The summed E-state index contributed by atoms with van der Waals surface area (Å²) in [5.74, 6) is 0. The van der Waals surface area contributed by atoms with Crippen molar-refractivity contribution in [2.45, 2.75) is 46.0 Å². The molecule has 0 spiro atoms. The van der Waals surface area contributed by atoms with Gasteiger partial charge < -0.3 is 5.32 Å². The predicted molar refractivity (Wildman–Crippen MR) is 66.6 cm³/mol. The Kier molecular flexibility index (Phi) is 3.30. The lowest BCUT2D eigenvalue weighted by molar-refractivity contribution is 0.783. The molecule has 1 aliphatic heterocycles. The van der Waals surface area contributed by atoms with Crippen LogP contribution in [-0.2, 0) is 12.8 Å². The highest BCUT2D eigenvalue weighted by molar-refractivity contribution is 5.57. The molecule has 82 valence electrons. The van der Waals surface area contributed by atoms with Crippen LogP contribution in [0.25, 0.3) is 0 Å². The highest BCUT2D eigenvalue weighted by Gasteiger charge is 2.10. The van der Waals surface area contributed by atoms with Crippen molar-refractivity contribution in [1.82, 2.24) is 0 Å². The summed E-state index contributed by atoms with van der Waals surface area (Å²) in [6, 6.07) is 4.76. The molecule has 0 radical (unpaired) electrons. The average Bonchev–Trinajstić information content (AvgIpc) is 2.26. The Morgan fingerprint density at radius 1 is 1.33 bits per heavy atom. The second-order valence-electron chi connectivity index (χ2n) is 4.57. The zero-order valence-corrected chi connectivity index (χ0v) is 9.90. The van der Waals surface area contributed by atoms with Crippen LogP contribution in [0.3, 0.4) is 0 Å². The lowest BCUT2D eigenvalue weighted by atomic mass is 9.95. The molecule has 0 aromatic heterocycles. The molecule has 0 saturated heterocycles. The fourth-order valence-electron chi connectivity index (χ4n) is 2.31. The summed E-state index contributed by atoms with van der Waals surface area (Å²) in [5.41, 5.74) is 5.91. The summed E-state index contributed by atoms with van der Waals surface area (Å²) in [6.45, 7) is 5.64. The summed E-state index contributed by atoms with van der Waals surface area (Å²) < 4.78 is 0. The van der Waals surface area contributed by atoms with Gasteiger partial charge in [0.15, 0.2) is 0 Å². The third kappa shape index (κ3) is 2.34. The second-order valence-corrected chi connectivity index (χ2v) is 4.57. The predicted octanol–water partition coefficient (Wildman–Crippen LogP) is 3.70. The number of fused-ring (bicyclic) bond motifs is 1. The number of anilines is 1. The van der Waals surface area contributed by atoms with Crippen LogP contribution in [0, 0.1) is 6.92 Å². The number of unbranched alkanes of at least 4 members (excludes halogenated alkanes) is 1. The molecule has 0 bridgehead atoms. The van der Waals surface area contributed by atoms with Gasteiger partial charge in [-0.1, -0.05) is 19.4 Å². The van der Waals surface area contributed by atoms with Crippen LogP contribution in [-0.4, -0.2) is 6.54 Å². The van der Waals surface area contributed by atoms with E-state index in [1.807, 2.05) is 0 Å². The van der Waals surface area contributed by atoms with Crippen molar-refractivity contribution in [3.8, 4) is 0 Å². The molecule has 0 unspecified atom stereocenters. The lowest BCUT2D eigenvalue weighted by Gasteiger charge is -2.20.